The molecule has 0 saturated carbocycles. The van der Waals surface area contributed by atoms with E-state index in [1.165, 1.54) is 38.0 Å². The van der Waals surface area contributed by atoms with E-state index in [4.69, 9.17) is 9.47 Å². The van der Waals surface area contributed by atoms with Gasteiger partial charge < -0.3 is 24.4 Å². The van der Waals surface area contributed by atoms with E-state index in [0.29, 0.717) is 12.8 Å². The van der Waals surface area contributed by atoms with Gasteiger partial charge in [-0.25, -0.2) is 0 Å². The van der Waals surface area contributed by atoms with Crippen LogP contribution in [-0.2, 0) is 5.60 Å². The Morgan fingerprint density at radius 3 is 2.35 bits per heavy atom. The lowest BCUT2D eigenvalue weighted by atomic mass is 9.84. The van der Waals surface area contributed by atoms with E-state index in [0.717, 1.165) is 49.7 Å². The second-order valence-corrected chi connectivity index (χ2v) is 8.85. The zero-order valence-corrected chi connectivity index (χ0v) is 18.8. The van der Waals surface area contributed by atoms with Crippen LogP contribution in [0.5, 0.6) is 11.5 Å². The molecule has 0 spiro atoms. The highest BCUT2D eigenvalue weighted by molar-refractivity contribution is 5.50. The molecule has 1 N–H and O–H groups in total. The molecular weight excluding hydrogens is 388 g/mol. The Kier molecular flexibility index (Phi) is 7.36. The van der Waals surface area contributed by atoms with Gasteiger partial charge in [0.15, 0.2) is 0 Å². The van der Waals surface area contributed by atoms with Crippen molar-refractivity contribution in [1.82, 2.24) is 4.90 Å². The highest BCUT2D eigenvalue weighted by Gasteiger charge is 2.34. The summed E-state index contributed by atoms with van der Waals surface area (Å²) in [4.78, 5) is 4.90. The molecule has 0 atom stereocenters. The largest absolute Gasteiger partial charge is 0.497 e. The van der Waals surface area contributed by atoms with Gasteiger partial charge >= 0.3 is 0 Å². The van der Waals surface area contributed by atoms with Crippen molar-refractivity contribution in [3.8, 4) is 11.5 Å². The van der Waals surface area contributed by atoms with Crippen LogP contribution in [0.25, 0.3) is 0 Å². The van der Waals surface area contributed by atoms with Gasteiger partial charge in [-0.05, 0) is 87.2 Å². The van der Waals surface area contributed by atoms with Crippen LogP contribution in [0.1, 0.15) is 44.1 Å². The van der Waals surface area contributed by atoms with Crippen molar-refractivity contribution in [3.63, 3.8) is 0 Å². The van der Waals surface area contributed by atoms with Gasteiger partial charge in [-0.1, -0.05) is 18.6 Å². The highest BCUT2D eigenvalue weighted by Crippen LogP contribution is 2.36. The number of hydrogen-bond donors (Lipinski definition) is 1. The first-order valence-corrected chi connectivity index (χ1v) is 11.7. The van der Waals surface area contributed by atoms with Crippen molar-refractivity contribution in [2.45, 2.75) is 44.1 Å². The summed E-state index contributed by atoms with van der Waals surface area (Å²) in [5, 5.41) is 11.2. The quantitative estimate of drug-likeness (QED) is 0.635. The molecule has 2 fully saturated rings. The summed E-state index contributed by atoms with van der Waals surface area (Å²) in [7, 11) is 1.66. The fraction of sp³-hybridized carbons (Fsp3) is 0.538. The molecule has 2 aromatic carbocycles. The summed E-state index contributed by atoms with van der Waals surface area (Å²) in [6.07, 6.45) is 6.56. The molecule has 0 amide bonds. The maximum absolute atomic E-state index is 11.2. The number of rotatable bonds is 8. The third kappa shape index (κ3) is 5.72. The maximum atomic E-state index is 11.2. The first-order valence-electron chi connectivity index (χ1n) is 11.7. The van der Waals surface area contributed by atoms with Crippen molar-refractivity contribution >= 4 is 5.69 Å². The summed E-state index contributed by atoms with van der Waals surface area (Å²) in [5.41, 5.74) is 1.34. The van der Waals surface area contributed by atoms with Gasteiger partial charge in [-0.15, -0.1) is 0 Å². The van der Waals surface area contributed by atoms with Crippen LogP contribution in [0.4, 0.5) is 5.69 Å². The monoisotopic (exact) mass is 424 g/mol. The Bertz CT molecular complexity index is 810. The molecular formula is C26H36N2O3. The molecule has 4 rings (SSSR count). The highest BCUT2D eigenvalue weighted by atomic mass is 16.5. The average Bonchev–Trinajstić information content (AvgIpc) is 2.83. The molecule has 0 unspecified atom stereocenters. The number of benzene rings is 2. The second-order valence-electron chi connectivity index (χ2n) is 8.85. The Balaban J connectivity index is 1.24. The zero-order chi connectivity index (χ0) is 21.5. The van der Waals surface area contributed by atoms with Crippen LogP contribution in [0.2, 0.25) is 0 Å². The van der Waals surface area contributed by atoms with Gasteiger partial charge in [0.2, 0.25) is 0 Å². The van der Waals surface area contributed by atoms with Crippen molar-refractivity contribution in [2.75, 3.05) is 51.3 Å². The summed E-state index contributed by atoms with van der Waals surface area (Å²) in [6, 6.07) is 16.2. The number of aliphatic hydroxyl groups is 1. The van der Waals surface area contributed by atoms with Crippen molar-refractivity contribution in [3.05, 3.63) is 54.1 Å². The molecule has 2 saturated heterocycles. The van der Waals surface area contributed by atoms with E-state index in [1.54, 1.807) is 7.11 Å². The number of hydrogen-bond acceptors (Lipinski definition) is 5. The number of piperidine rings is 2. The van der Waals surface area contributed by atoms with Gasteiger partial charge in [-0.3, -0.25) is 0 Å². The van der Waals surface area contributed by atoms with E-state index in [9.17, 15) is 5.11 Å². The first kappa shape index (κ1) is 22.0. The fourth-order valence-corrected chi connectivity index (χ4v) is 4.75. The van der Waals surface area contributed by atoms with E-state index in [1.807, 2.05) is 24.3 Å². The number of likely N-dealkylation sites (tertiary alicyclic amines) is 1. The first-order chi connectivity index (χ1) is 15.2. The van der Waals surface area contributed by atoms with Gasteiger partial charge in [-0.2, -0.15) is 0 Å². The molecule has 0 aromatic heterocycles. The molecule has 2 aromatic rings. The van der Waals surface area contributed by atoms with Gasteiger partial charge in [0, 0.05) is 25.3 Å². The number of anilines is 1. The molecule has 2 heterocycles. The number of methoxy groups -OCH3 is 1. The minimum atomic E-state index is -0.789. The van der Waals surface area contributed by atoms with E-state index in [-0.39, 0.29) is 0 Å². The molecule has 0 radical (unpaired) electrons. The lowest BCUT2D eigenvalue weighted by molar-refractivity contribution is 0.0116. The number of ether oxygens (including phenoxy) is 2. The number of nitrogens with zero attached hydrogens (tertiary/aromatic N) is 2. The Hall–Kier alpha value is -2.24. The third-order valence-corrected chi connectivity index (χ3v) is 6.74. The summed E-state index contributed by atoms with van der Waals surface area (Å²) >= 11 is 0. The molecule has 0 bridgehead atoms. The average molecular weight is 425 g/mol. The second kappa shape index (κ2) is 10.4. The lowest BCUT2D eigenvalue weighted by Crippen LogP contribution is -2.42. The smallest absolute Gasteiger partial charge is 0.119 e. The van der Waals surface area contributed by atoms with Gasteiger partial charge in [0.1, 0.15) is 11.5 Å². The van der Waals surface area contributed by atoms with E-state index in [2.05, 4.69) is 34.1 Å². The van der Waals surface area contributed by atoms with Crippen molar-refractivity contribution in [2.24, 2.45) is 0 Å². The fourth-order valence-electron chi connectivity index (χ4n) is 4.75. The molecule has 168 valence electrons. The molecule has 31 heavy (non-hydrogen) atoms. The SMILES string of the molecule is COc1cccc(C2(O)CCN(c3ccc(OCCCN4CCCCC4)cc3)CC2)c1. The normalized spacial score (nSPS) is 19.2. The molecule has 5 nitrogen and oxygen atoms in total. The predicted octanol–water partition coefficient (Wildman–Crippen LogP) is 4.44. The molecule has 2 aliphatic heterocycles. The van der Waals surface area contributed by atoms with Crippen LogP contribution < -0.4 is 14.4 Å². The van der Waals surface area contributed by atoms with Gasteiger partial charge in [0.25, 0.3) is 0 Å². The molecule has 2 aliphatic rings. The van der Waals surface area contributed by atoms with Crippen LogP contribution in [-0.4, -0.2) is 56.4 Å². The lowest BCUT2D eigenvalue weighted by Gasteiger charge is -2.39. The Morgan fingerprint density at radius 2 is 1.65 bits per heavy atom. The summed E-state index contributed by atoms with van der Waals surface area (Å²) < 4.78 is 11.3. The van der Waals surface area contributed by atoms with Crippen LogP contribution in [0.15, 0.2) is 48.5 Å². The van der Waals surface area contributed by atoms with E-state index < -0.39 is 5.60 Å². The Labute approximate surface area is 186 Å². The molecule has 5 heteroatoms. The van der Waals surface area contributed by atoms with Crippen LogP contribution in [0.3, 0.4) is 0 Å². The third-order valence-electron chi connectivity index (χ3n) is 6.74. The maximum Gasteiger partial charge on any atom is 0.119 e. The van der Waals surface area contributed by atoms with E-state index >= 15 is 0 Å². The minimum absolute atomic E-state index is 0.703. The standard InChI is InChI=1S/C26H36N2O3/c1-30-25-8-5-7-22(21-25)26(29)13-18-28(19-14-26)23-9-11-24(12-10-23)31-20-6-17-27-15-3-2-4-16-27/h5,7-12,21,29H,2-4,6,13-20H2,1H3. The van der Waals surface area contributed by atoms with Crippen LogP contribution >= 0.6 is 0 Å². The van der Waals surface area contributed by atoms with Crippen LogP contribution in [0, 0.1) is 0 Å². The van der Waals surface area contributed by atoms with Crippen molar-refractivity contribution < 1.29 is 14.6 Å². The predicted molar refractivity (Wildman–Crippen MR) is 125 cm³/mol. The molecule has 0 aliphatic carbocycles. The summed E-state index contributed by atoms with van der Waals surface area (Å²) in [6.45, 7) is 6.05. The summed E-state index contributed by atoms with van der Waals surface area (Å²) in [5.74, 6) is 1.73. The van der Waals surface area contributed by atoms with Crippen molar-refractivity contribution in [1.29, 1.82) is 0 Å². The zero-order valence-electron chi connectivity index (χ0n) is 18.8. The minimum Gasteiger partial charge on any atom is -0.497 e. The Morgan fingerprint density at radius 1 is 0.903 bits per heavy atom. The topological polar surface area (TPSA) is 45.2 Å². The van der Waals surface area contributed by atoms with Gasteiger partial charge in [0.05, 0.1) is 19.3 Å².